The molecule has 1 fully saturated rings. The maximum Gasteiger partial charge on any atom is 0.127 e. The molecule has 1 atom stereocenters. The van der Waals surface area contributed by atoms with Crippen LogP contribution in [0.5, 0.6) is 5.75 Å². The minimum atomic E-state index is 0. The van der Waals surface area contributed by atoms with Gasteiger partial charge in [-0.2, -0.15) is 0 Å². The van der Waals surface area contributed by atoms with Crippen LogP contribution in [0.4, 0.5) is 0 Å². The van der Waals surface area contributed by atoms with E-state index in [9.17, 15) is 0 Å². The number of hydrogen-bond donors (Lipinski definition) is 1. The molecule has 0 bridgehead atoms. The van der Waals surface area contributed by atoms with Crippen LogP contribution >= 0.6 is 28.3 Å². The van der Waals surface area contributed by atoms with E-state index in [1.807, 2.05) is 7.05 Å². The summed E-state index contributed by atoms with van der Waals surface area (Å²) in [6.45, 7) is 5.38. The molecular formula is C15H22BrClN2O. The number of rotatable bonds is 4. The van der Waals surface area contributed by atoms with Gasteiger partial charge >= 0.3 is 0 Å². The van der Waals surface area contributed by atoms with Gasteiger partial charge in [0.15, 0.2) is 0 Å². The Hall–Kier alpha value is -0.290. The lowest BCUT2D eigenvalue weighted by atomic mass is 10.1. The fourth-order valence-electron chi connectivity index (χ4n) is 3.22. The number of likely N-dealkylation sites (tertiary alicyclic amines) is 1. The zero-order valence-corrected chi connectivity index (χ0v) is 14.2. The third kappa shape index (κ3) is 3.48. The molecule has 2 aliphatic heterocycles. The number of halogens is 2. The van der Waals surface area contributed by atoms with Crippen molar-refractivity contribution in [2.75, 3.05) is 33.3 Å². The van der Waals surface area contributed by atoms with Crippen LogP contribution in [-0.2, 0) is 13.0 Å². The van der Waals surface area contributed by atoms with Crippen molar-refractivity contribution in [3.8, 4) is 5.75 Å². The van der Waals surface area contributed by atoms with E-state index in [0.717, 1.165) is 37.8 Å². The summed E-state index contributed by atoms with van der Waals surface area (Å²) >= 11 is 3.62. The first-order chi connectivity index (χ1) is 9.26. The lowest BCUT2D eigenvalue weighted by molar-refractivity contribution is 0.302. The van der Waals surface area contributed by atoms with Gasteiger partial charge in [-0.1, -0.05) is 15.9 Å². The molecular weight excluding hydrogens is 340 g/mol. The molecule has 112 valence electrons. The van der Waals surface area contributed by atoms with Crippen LogP contribution in [-0.4, -0.2) is 38.2 Å². The number of benzene rings is 1. The van der Waals surface area contributed by atoms with Crippen molar-refractivity contribution in [3.63, 3.8) is 0 Å². The molecule has 2 heterocycles. The fraction of sp³-hybridized carbons (Fsp3) is 0.600. The van der Waals surface area contributed by atoms with Gasteiger partial charge in [0.2, 0.25) is 0 Å². The fourth-order valence-corrected chi connectivity index (χ4v) is 3.77. The summed E-state index contributed by atoms with van der Waals surface area (Å²) in [6, 6.07) is 4.41. The minimum absolute atomic E-state index is 0. The van der Waals surface area contributed by atoms with Crippen molar-refractivity contribution in [1.29, 1.82) is 0 Å². The maximum absolute atomic E-state index is 5.81. The molecule has 0 spiro atoms. The van der Waals surface area contributed by atoms with Crippen molar-refractivity contribution in [3.05, 3.63) is 27.7 Å². The molecule has 20 heavy (non-hydrogen) atoms. The minimum Gasteiger partial charge on any atom is -0.493 e. The molecule has 1 unspecified atom stereocenters. The number of fused-ring (bicyclic) bond motifs is 1. The first-order valence-electron chi connectivity index (χ1n) is 7.07. The molecule has 0 aliphatic carbocycles. The van der Waals surface area contributed by atoms with E-state index >= 15 is 0 Å². The van der Waals surface area contributed by atoms with Gasteiger partial charge in [-0.15, -0.1) is 12.4 Å². The lowest BCUT2D eigenvalue weighted by Crippen LogP contribution is -2.24. The second-order valence-corrected chi connectivity index (χ2v) is 6.51. The van der Waals surface area contributed by atoms with Crippen molar-refractivity contribution in [2.45, 2.75) is 19.4 Å². The van der Waals surface area contributed by atoms with E-state index in [2.05, 4.69) is 38.3 Å². The van der Waals surface area contributed by atoms with Crippen molar-refractivity contribution in [1.82, 2.24) is 10.2 Å². The van der Waals surface area contributed by atoms with Gasteiger partial charge in [-0.25, -0.2) is 0 Å². The van der Waals surface area contributed by atoms with Crippen LogP contribution in [0, 0.1) is 5.92 Å². The summed E-state index contributed by atoms with van der Waals surface area (Å²) in [7, 11) is 2.04. The number of nitrogens with one attached hydrogen (secondary N) is 1. The monoisotopic (exact) mass is 360 g/mol. The van der Waals surface area contributed by atoms with Crippen LogP contribution in [0.1, 0.15) is 17.5 Å². The molecule has 0 radical (unpaired) electrons. The summed E-state index contributed by atoms with van der Waals surface area (Å²) in [5.41, 5.74) is 2.70. The van der Waals surface area contributed by atoms with Gasteiger partial charge in [-0.3, -0.25) is 4.90 Å². The van der Waals surface area contributed by atoms with E-state index in [0.29, 0.717) is 0 Å². The lowest BCUT2D eigenvalue weighted by Gasteiger charge is -2.18. The Bertz CT molecular complexity index is 469. The molecule has 1 saturated heterocycles. The third-order valence-electron chi connectivity index (χ3n) is 4.08. The third-order valence-corrected chi connectivity index (χ3v) is 4.54. The average Bonchev–Trinajstić information content (AvgIpc) is 2.98. The van der Waals surface area contributed by atoms with E-state index in [1.165, 1.54) is 35.1 Å². The Kier molecular flexibility index (Phi) is 5.73. The second-order valence-electron chi connectivity index (χ2n) is 5.60. The molecule has 1 aromatic carbocycles. The van der Waals surface area contributed by atoms with Gasteiger partial charge in [0.25, 0.3) is 0 Å². The number of ether oxygens (including phenoxy) is 1. The van der Waals surface area contributed by atoms with Gasteiger partial charge in [0, 0.05) is 29.5 Å². The molecule has 0 saturated carbocycles. The van der Waals surface area contributed by atoms with E-state index in [1.54, 1.807) is 0 Å². The van der Waals surface area contributed by atoms with Gasteiger partial charge < -0.3 is 10.1 Å². The Morgan fingerprint density at radius 2 is 2.30 bits per heavy atom. The molecule has 3 rings (SSSR count). The van der Waals surface area contributed by atoms with Crippen molar-refractivity contribution < 1.29 is 4.74 Å². The first kappa shape index (κ1) is 16.1. The molecule has 3 nitrogen and oxygen atoms in total. The average molecular weight is 362 g/mol. The Morgan fingerprint density at radius 1 is 1.45 bits per heavy atom. The van der Waals surface area contributed by atoms with Gasteiger partial charge in [-0.05, 0) is 50.2 Å². The molecule has 1 aromatic rings. The SMILES string of the molecule is CNCC1CCN(Cc2cc(Br)cc3c2OCC3)C1.Cl. The van der Waals surface area contributed by atoms with Crippen molar-refractivity contribution in [2.24, 2.45) is 5.92 Å². The predicted octanol–water partition coefficient (Wildman–Crippen LogP) is 2.85. The summed E-state index contributed by atoms with van der Waals surface area (Å²) in [5, 5.41) is 3.29. The summed E-state index contributed by atoms with van der Waals surface area (Å²) in [5.74, 6) is 1.94. The molecule has 5 heteroatoms. The topological polar surface area (TPSA) is 24.5 Å². The van der Waals surface area contributed by atoms with E-state index in [-0.39, 0.29) is 12.4 Å². The standard InChI is InChI=1S/C15H21BrN2O.ClH/c1-17-8-11-2-4-18(9-11)10-13-7-14(16)6-12-3-5-19-15(12)13;/h6-7,11,17H,2-5,8-10H2,1H3;1H. The molecule has 0 aromatic heterocycles. The highest BCUT2D eigenvalue weighted by atomic mass is 79.9. The van der Waals surface area contributed by atoms with Gasteiger partial charge in [0.05, 0.1) is 6.61 Å². The Labute approximate surface area is 135 Å². The summed E-state index contributed by atoms with van der Waals surface area (Å²) in [4.78, 5) is 2.55. The van der Waals surface area contributed by atoms with Crippen molar-refractivity contribution >= 4 is 28.3 Å². The largest absolute Gasteiger partial charge is 0.493 e. The molecule has 2 aliphatic rings. The Morgan fingerprint density at radius 3 is 3.10 bits per heavy atom. The van der Waals surface area contributed by atoms with Crippen LogP contribution in [0.2, 0.25) is 0 Å². The first-order valence-corrected chi connectivity index (χ1v) is 7.86. The maximum atomic E-state index is 5.81. The normalized spacial score (nSPS) is 21.4. The van der Waals surface area contributed by atoms with E-state index < -0.39 is 0 Å². The second kappa shape index (κ2) is 7.12. The van der Waals surface area contributed by atoms with Crippen LogP contribution in [0.3, 0.4) is 0 Å². The molecule has 1 N–H and O–H groups in total. The van der Waals surface area contributed by atoms with Crippen LogP contribution in [0.25, 0.3) is 0 Å². The number of nitrogens with zero attached hydrogens (tertiary/aromatic N) is 1. The number of hydrogen-bond acceptors (Lipinski definition) is 3. The van der Waals surface area contributed by atoms with Crippen LogP contribution in [0.15, 0.2) is 16.6 Å². The highest BCUT2D eigenvalue weighted by Gasteiger charge is 2.24. The molecule has 0 amide bonds. The zero-order chi connectivity index (χ0) is 13.2. The highest BCUT2D eigenvalue weighted by Crippen LogP contribution is 2.34. The summed E-state index contributed by atoms with van der Waals surface area (Å²) in [6.07, 6.45) is 2.35. The smallest absolute Gasteiger partial charge is 0.127 e. The zero-order valence-electron chi connectivity index (χ0n) is 11.8. The Balaban J connectivity index is 0.00000147. The predicted molar refractivity (Wildman–Crippen MR) is 87.9 cm³/mol. The summed E-state index contributed by atoms with van der Waals surface area (Å²) < 4.78 is 6.99. The highest BCUT2D eigenvalue weighted by molar-refractivity contribution is 9.10. The van der Waals surface area contributed by atoms with Crippen LogP contribution < -0.4 is 10.1 Å². The quantitative estimate of drug-likeness (QED) is 0.892. The van der Waals surface area contributed by atoms with E-state index in [4.69, 9.17) is 4.74 Å². The van der Waals surface area contributed by atoms with Gasteiger partial charge in [0.1, 0.15) is 5.75 Å².